The summed E-state index contributed by atoms with van der Waals surface area (Å²) in [6.07, 6.45) is 8.56. The van der Waals surface area contributed by atoms with Gasteiger partial charge < -0.3 is 10.2 Å². The molecule has 25 heavy (non-hydrogen) atoms. The first-order chi connectivity index (χ1) is 12.2. The van der Waals surface area contributed by atoms with Gasteiger partial charge >= 0.3 is 0 Å². The van der Waals surface area contributed by atoms with Gasteiger partial charge in [-0.1, -0.05) is 42.6 Å². The van der Waals surface area contributed by atoms with Gasteiger partial charge in [0.1, 0.15) is 0 Å². The van der Waals surface area contributed by atoms with E-state index in [4.69, 9.17) is 11.6 Å². The molecule has 0 aliphatic carbocycles. The molecule has 2 aromatic rings. The van der Waals surface area contributed by atoms with E-state index in [1.54, 1.807) is 17.1 Å². The Bertz CT molecular complexity index is 692. The average Bonchev–Trinajstić information content (AvgIpc) is 2.92. The second-order valence-electron chi connectivity index (χ2n) is 6.53. The van der Waals surface area contributed by atoms with Crippen LogP contribution in [0.3, 0.4) is 0 Å². The van der Waals surface area contributed by atoms with E-state index in [0.29, 0.717) is 23.7 Å². The van der Waals surface area contributed by atoms with Gasteiger partial charge in [0, 0.05) is 24.3 Å². The van der Waals surface area contributed by atoms with Crippen LogP contribution in [-0.2, 0) is 6.54 Å². The van der Waals surface area contributed by atoms with Crippen molar-refractivity contribution in [3.63, 3.8) is 0 Å². The lowest BCUT2D eigenvalue weighted by Crippen LogP contribution is -2.35. The highest BCUT2D eigenvalue weighted by Crippen LogP contribution is 2.16. The second kappa shape index (κ2) is 9.02. The third kappa shape index (κ3) is 5.31. The molecular formula is C19H25ClN4O. The summed E-state index contributed by atoms with van der Waals surface area (Å²) in [5.41, 5.74) is 1.57. The Morgan fingerprint density at radius 3 is 2.68 bits per heavy atom. The normalized spacial score (nSPS) is 15.7. The van der Waals surface area contributed by atoms with Crippen molar-refractivity contribution >= 4 is 17.5 Å². The van der Waals surface area contributed by atoms with Crippen molar-refractivity contribution in [3.8, 4) is 0 Å². The first kappa shape index (κ1) is 18.0. The van der Waals surface area contributed by atoms with Gasteiger partial charge in [0.25, 0.3) is 5.91 Å². The molecule has 1 aromatic heterocycles. The highest BCUT2D eigenvalue weighted by Gasteiger charge is 2.11. The maximum Gasteiger partial charge on any atom is 0.254 e. The van der Waals surface area contributed by atoms with Crippen LogP contribution in [0.5, 0.6) is 0 Å². The number of carbonyl (C=O) groups is 1. The zero-order chi connectivity index (χ0) is 17.5. The summed E-state index contributed by atoms with van der Waals surface area (Å²) < 4.78 is 1.74. The minimum Gasteiger partial charge on any atom is -0.351 e. The smallest absolute Gasteiger partial charge is 0.254 e. The van der Waals surface area contributed by atoms with Gasteiger partial charge in [-0.3, -0.25) is 9.48 Å². The molecular weight excluding hydrogens is 336 g/mol. The number of likely N-dealkylation sites (tertiary alicyclic amines) is 1. The van der Waals surface area contributed by atoms with Gasteiger partial charge in [0.15, 0.2) is 0 Å². The van der Waals surface area contributed by atoms with Crippen molar-refractivity contribution in [1.29, 1.82) is 0 Å². The van der Waals surface area contributed by atoms with E-state index in [1.807, 2.05) is 24.3 Å². The minimum absolute atomic E-state index is 0.0692. The molecule has 0 atom stereocenters. The van der Waals surface area contributed by atoms with Crippen LogP contribution >= 0.6 is 11.6 Å². The fourth-order valence-electron chi connectivity index (χ4n) is 3.16. The van der Waals surface area contributed by atoms with E-state index in [9.17, 15) is 4.79 Å². The molecule has 134 valence electrons. The van der Waals surface area contributed by atoms with Crippen LogP contribution in [0.1, 0.15) is 41.6 Å². The van der Waals surface area contributed by atoms with E-state index in [0.717, 1.165) is 25.2 Å². The lowest BCUT2D eigenvalue weighted by atomic mass is 10.2. The molecule has 1 saturated heterocycles. The van der Waals surface area contributed by atoms with Gasteiger partial charge in [-0.2, -0.15) is 5.10 Å². The van der Waals surface area contributed by atoms with Crippen molar-refractivity contribution < 1.29 is 4.79 Å². The van der Waals surface area contributed by atoms with Crippen LogP contribution in [0.15, 0.2) is 36.7 Å². The fraction of sp³-hybridized carbons (Fsp3) is 0.474. The Morgan fingerprint density at radius 1 is 1.16 bits per heavy atom. The molecule has 0 saturated carbocycles. The number of nitrogens with one attached hydrogen (secondary N) is 1. The summed E-state index contributed by atoms with van der Waals surface area (Å²) in [5.74, 6) is -0.0692. The van der Waals surface area contributed by atoms with Crippen molar-refractivity contribution in [2.24, 2.45) is 0 Å². The van der Waals surface area contributed by atoms with Gasteiger partial charge in [-0.05, 0) is 37.6 Å². The maximum atomic E-state index is 12.3. The Kier molecular flexibility index (Phi) is 6.48. The third-order valence-electron chi connectivity index (χ3n) is 4.60. The predicted molar refractivity (Wildman–Crippen MR) is 100 cm³/mol. The summed E-state index contributed by atoms with van der Waals surface area (Å²) in [6.45, 7) is 4.44. The van der Waals surface area contributed by atoms with Crippen LogP contribution < -0.4 is 5.32 Å². The zero-order valence-corrected chi connectivity index (χ0v) is 15.2. The molecule has 1 amide bonds. The van der Waals surface area contributed by atoms with E-state index in [-0.39, 0.29) is 5.91 Å². The van der Waals surface area contributed by atoms with Crippen LogP contribution in [0, 0.1) is 0 Å². The average molecular weight is 361 g/mol. The van der Waals surface area contributed by atoms with Crippen molar-refractivity contribution in [3.05, 3.63) is 52.8 Å². The lowest BCUT2D eigenvalue weighted by molar-refractivity contribution is 0.0948. The lowest BCUT2D eigenvalue weighted by Gasteiger charge is -2.19. The first-order valence-electron chi connectivity index (χ1n) is 8.99. The standard InChI is InChI=1S/C19H25ClN4O/c20-18-8-4-3-7-16(18)14-24-15-17(13-22-24)19(25)21-9-12-23-10-5-1-2-6-11-23/h3-4,7-8,13,15H,1-2,5-6,9-12,14H2,(H,21,25). The minimum atomic E-state index is -0.0692. The first-order valence-corrected chi connectivity index (χ1v) is 9.36. The highest BCUT2D eigenvalue weighted by molar-refractivity contribution is 6.31. The molecule has 1 aromatic carbocycles. The van der Waals surface area contributed by atoms with E-state index in [2.05, 4.69) is 15.3 Å². The molecule has 1 fully saturated rings. The second-order valence-corrected chi connectivity index (χ2v) is 6.94. The Labute approximate surface area is 154 Å². The summed E-state index contributed by atoms with van der Waals surface area (Å²) in [7, 11) is 0. The number of carbonyl (C=O) groups excluding carboxylic acids is 1. The number of nitrogens with zero attached hydrogens (tertiary/aromatic N) is 3. The van der Waals surface area contributed by atoms with E-state index < -0.39 is 0 Å². The van der Waals surface area contributed by atoms with Crippen molar-refractivity contribution in [1.82, 2.24) is 20.0 Å². The van der Waals surface area contributed by atoms with Gasteiger partial charge in [-0.25, -0.2) is 0 Å². The molecule has 1 N–H and O–H groups in total. The molecule has 3 rings (SSSR count). The van der Waals surface area contributed by atoms with Crippen LogP contribution in [0.2, 0.25) is 5.02 Å². The number of hydrogen-bond donors (Lipinski definition) is 1. The summed E-state index contributed by atoms with van der Waals surface area (Å²) in [6, 6.07) is 7.67. The quantitative estimate of drug-likeness (QED) is 0.860. The number of aromatic nitrogens is 2. The SMILES string of the molecule is O=C(NCCN1CCCCCC1)c1cnn(Cc2ccccc2Cl)c1. The summed E-state index contributed by atoms with van der Waals surface area (Å²) >= 11 is 6.17. The van der Waals surface area contributed by atoms with Gasteiger partial charge in [-0.15, -0.1) is 0 Å². The maximum absolute atomic E-state index is 12.3. The summed E-state index contributed by atoms with van der Waals surface area (Å²) in [5, 5.41) is 7.98. The van der Waals surface area contributed by atoms with Gasteiger partial charge in [0.05, 0.1) is 18.3 Å². The zero-order valence-electron chi connectivity index (χ0n) is 14.5. The Morgan fingerprint density at radius 2 is 1.92 bits per heavy atom. The number of halogens is 1. The third-order valence-corrected chi connectivity index (χ3v) is 4.97. The summed E-state index contributed by atoms with van der Waals surface area (Å²) in [4.78, 5) is 14.7. The van der Waals surface area contributed by atoms with Crippen molar-refractivity contribution in [2.45, 2.75) is 32.2 Å². The monoisotopic (exact) mass is 360 g/mol. The predicted octanol–water partition coefficient (Wildman–Crippen LogP) is 3.19. The number of rotatable bonds is 6. The van der Waals surface area contributed by atoms with E-state index >= 15 is 0 Å². The molecule has 6 heteroatoms. The number of hydrogen-bond acceptors (Lipinski definition) is 3. The van der Waals surface area contributed by atoms with Crippen LogP contribution in [0.25, 0.3) is 0 Å². The molecule has 0 unspecified atom stereocenters. The van der Waals surface area contributed by atoms with Gasteiger partial charge in [0.2, 0.25) is 0 Å². The fourth-order valence-corrected chi connectivity index (χ4v) is 3.35. The molecule has 2 heterocycles. The molecule has 1 aliphatic heterocycles. The topological polar surface area (TPSA) is 50.2 Å². The highest BCUT2D eigenvalue weighted by atomic mass is 35.5. The largest absolute Gasteiger partial charge is 0.351 e. The Hall–Kier alpha value is -1.85. The molecule has 0 spiro atoms. The molecule has 0 radical (unpaired) electrons. The molecule has 0 bridgehead atoms. The Balaban J connectivity index is 1.48. The molecule has 1 aliphatic rings. The number of amides is 1. The van der Waals surface area contributed by atoms with Crippen molar-refractivity contribution in [2.75, 3.05) is 26.2 Å². The van der Waals surface area contributed by atoms with E-state index in [1.165, 1.54) is 25.7 Å². The molecule has 5 nitrogen and oxygen atoms in total. The number of benzene rings is 1. The van der Waals surface area contributed by atoms with Crippen LogP contribution in [-0.4, -0.2) is 46.8 Å². The van der Waals surface area contributed by atoms with Crippen LogP contribution in [0.4, 0.5) is 0 Å².